The summed E-state index contributed by atoms with van der Waals surface area (Å²) < 4.78 is 35.2. The maximum atomic E-state index is 12.4. The molecule has 5 atom stereocenters. The Hall–Kier alpha value is -1.47. The Morgan fingerprint density at radius 2 is 2.12 bits per heavy atom. The average molecular weight is 362 g/mol. The number of nitrogens with one attached hydrogen (secondary N) is 1. The molecule has 4 aliphatic rings. The fourth-order valence-electron chi connectivity index (χ4n) is 4.07. The number of urea groups is 1. The fraction of sp³-hybridized carbons (Fsp3) is 0.833. The van der Waals surface area contributed by atoms with E-state index in [2.05, 4.69) is 9.76 Å². The number of amides is 3. The summed E-state index contributed by atoms with van der Waals surface area (Å²) in [7, 11) is -4.81. The van der Waals surface area contributed by atoms with Gasteiger partial charge in [-0.15, -0.1) is 4.28 Å². The van der Waals surface area contributed by atoms with Gasteiger partial charge in [0.15, 0.2) is 0 Å². The first kappa shape index (κ1) is 16.0. The first-order valence-corrected chi connectivity index (χ1v) is 9.08. The van der Waals surface area contributed by atoms with Crippen molar-refractivity contribution >= 4 is 22.3 Å². The number of carbonyl (C=O) groups is 2. The molecule has 2 heterocycles. The normalized spacial score (nSPS) is 40.2. The molecule has 1 spiro atoms. The van der Waals surface area contributed by atoms with Crippen LogP contribution in [0.5, 0.6) is 0 Å². The molecule has 3 amide bonds. The fourth-order valence-corrected chi connectivity index (χ4v) is 4.47. The summed E-state index contributed by atoms with van der Waals surface area (Å²) in [6.45, 7) is 0.174. The van der Waals surface area contributed by atoms with Crippen LogP contribution in [-0.2, 0) is 24.3 Å². The Kier molecular flexibility index (Phi) is 3.35. The van der Waals surface area contributed by atoms with Crippen molar-refractivity contribution in [2.75, 3.05) is 6.54 Å². The van der Waals surface area contributed by atoms with Crippen molar-refractivity contribution in [3.05, 3.63) is 0 Å². The Bertz CT molecular complexity index is 700. The van der Waals surface area contributed by atoms with E-state index in [1.807, 2.05) is 0 Å². The summed E-state index contributed by atoms with van der Waals surface area (Å²) >= 11 is 0. The highest BCUT2D eigenvalue weighted by Gasteiger charge is 2.72. The molecular formula is C12H18N4O7S. The van der Waals surface area contributed by atoms with E-state index in [4.69, 9.17) is 15.1 Å². The van der Waals surface area contributed by atoms with Crippen LogP contribution < -0.4 is 11.2 Å². The van der Waals surface area contributed by atoms with E-state index < -0.39 is 33.9 Å². The maximum absolute atomic E-state index is 12.4. The van der Waals surface area contributed by atoms with E-state index in [0.29, 0.717) is 17.9 Å². The summed E-state index contributed by atoms with van der Waals surface area (Å²) in [6.07, 6.45) is 2.50. The number of fused-ring (bicyclic) bond motifs is 1. The summed E-state index contributed by atoms with van der Waals surface area (Å²) in [5, 5.41) is 0.684. The van der Waals surface area contributed by atoms with Crippen molar-refractivity contribution in [3.8, 4) is 0 Å². The molecule has 4 rings (SSSR count). The molecule has 4 N–H and O–H groups in total. The van der Waals surface area contributed by atoms with Crippen LogP contribution in [0.2, 0.25) is 0 Å². The zero-order chi connectivity index (χ0) is 17.3. The molecule has 2 aliphatic carbocycles. The third kappa shape index (κ3) is 2.14. The number of hydroxylamine groups is 3. The molecule has 2 bridgehead atoms. The molecule has 2 saturated heterocycles. The monoisotopic (exact) mass is 362 g/mol. The molecule has 24 heavy (non-hydrogen) atoms. The lowest BCUT2D eigenvalue weighted by atomic mass is 9.65. The lowest BCUT2D eigenvalue weighted by Gasteiger charge is -2.50. The van der Waals surface area contributed by atoms with Crippen LogP contribution in [-0.4, -0.2) is 65.1 Å². The van der Waals surface area contributed by atoms with Crippen molar-refractivity contribution in [1.82, 2.24) is 15.4 Å². The largest absolute Gasteiger partial charge is 0.418 e. The van der Waals surface area contributed by atoms with Crippen LogP contribution in [0.1, 0.15) is 25.7 Å². The maximum Gasteiger partial charge on any atom is 0.418 e. The summed E-state index contributed by atoms with van der Waals surface area (Å²) in [5.41, 5.74) is 7.20. The highest BCUT2D eigenvalue weighted by Crippen LogP contribution is 2.57. The van der Waals surface area contributed by atoms with Crippen molar-refractivity contribution in [1.29, 1.82) is 0 Å². The Balaban J connectivity index is 1.47. The molecule has 0 radical (unpaired) electrons. The lowest BCUT2D eigenvalue weighted by Crippen LogP contribution is -2.66. The Morgan fingerprint density at radius 1 is 1.38 bits per heavy atom. The van der Waals surface area contributed by atoms with Crippen LogP contribution in [0.15, 0.2) is 0 Å². The van der Waals surface area contributed by atoms with Gasteiger partial charge in [-0.2, -0.15) is 13.5 Å². The number of nitrogens with zero attached hydrogens (tertiary/aromatic N) is 2. The average Bonchev–Trinajstić information content (AvgIpc) is 2.87. The third-order valence-electron chi connectivity index (χ3n) is 5.57. The second kappa shape index (κ2) is 5.02. The first-order chi connectivity index (χ1) is 11.2. The molecule has 0 aromatic rings. The SMILES string of the molecule is NC1CCC1ONC(=O)C1C2CCC23CN1C(=O)N3OS(=O)(=O)O. The Morgan fingerprint density at radius 3 is 2.62 bits per heavy atom. The molecule has 4 fully saturated rings. The summed E-state index contributed by atoms with van der Waals surface area (Å²) in [6, 6.07) is -1.62. The van der Waals surface area contributed by atoms with Crippen molar-refractivity contribution in [3.63, 3.8) is 0 Å². The topological polar surface area (TPSA) is 151 Å². The number of nitrogens with two attached hydrogens (primary N) is 1. The highest BCUT2D eigenvalue weighted by atomic mass is 32.3. The molecule has 5 unspecified atom stereocenters. The van der Waals surface area contributed by atoms with Crippen LogP contribution >= 0.6 is 0 Å². The predicted octanol–water partition coefficient (Wildman–Crippen LogP) is -1.47. The lowest BCUT2D eigenvalue weighted by molar-refractivity contribution is -0.167. The second-order valence-electron chi connectivity index (χ2n) is 6.76. The molecular weight excluding hydrogens is 344 g/mol. The second-order valence-corrected chi connectivity index (χ2v) is 7.77. The number of hydrogen-bond acceptors (Lipinski definition) is 7. The van der Waals surface area contributed by atoms with Gasteiger partial charge < -0.3 is 10.6 Å². The third-order valence-corrected chi connectivity index (χ3v) is 5.91. The Labute approximate surface area is 137 Å². The number of carbonyl (C=O) groups excluding carboxylic acids is 2. The van der Waals surface area contributed by atoms with Crippen LogP contribution in [0.4, 0.5) is 4.79 Å². The molecule has 134 valence electrons. The number of rotatable bonds is 5. The highest BCUT2D eigenvalue weighted by molar-refractivity contribution is 7.80. The zero-order valence-electron chi connectivity index (χ0n) is 12.6. The van der Waals surface area contributed by atoms with Gasteiger partial charge in [0.05, 0.1) is 5.54 Å². The summed E-state index contributed by atoms with van der Waals surface area (Å²) in [5.74, 6) is -0.740. The minimum absolute atomic E-state index is 0.110. The van der Waals surface area contributed by atoms with Gasteiger partial charge in [-0.05, 0) is 25.7 Å². The molecule has 0 aromatic carbocycles. The van der Waals surface area contributed by atoms with Crippen molar-refractivity contribution < 1.29 is 31.7 Å². The van der Waals surface area contributed by atoms with E-state index in [0.717, 1.165) is 12.8 Å². The van der Waals surface area contributed by atoms with Gasteiger partial charge in [0.2, 0.25) is 0 Å². The van der Waals surface area contributed by atoms with Gasteiger partial charge in [0, 0.05) is 18.5 Å². The minimum Gasteiger partial charge on any atom is -0.325 e. The number of hydrogen-bond donors (Lipinski definition) is 3. The van der Waals surface area contributed by atoms with E-state index in [9.17, 15) is 18.0 Å². The van der Waals surface area contributed by atoms with Gasteiger partial charge in [0.1, 0.15) is 12.1 Å². The van der Waals surface area contributed by atoms with Crippen LogP contribution in [0.3, 0.4) is 0 Å². The molecule has 0 aromatic heterocycles. The molecule has 11 nitrogen and oxygen atoms in total. The molecule has 2 aliphatic heterocycles. The zero-order valence-corrected chi connectivity index (χ0v) is 13.4. The van der Waals surface area contributed by atoms with Crippen LogP contribution in [0, 0.1) is 5.92 Å². The van der Waals surface area contributed by atoms with Gasteiger partial charge in [0.25, 0.3) is 5.91 Å². The predicted molar refractivity (Wildman–Crippen MR) is 76.0 cm³/mol. The minimum atomic E-state index is -4.81. The van der Waals surface area contributed by atoms with E-state index in [1.165, 1.54) is 4.90 Å². The van der Waals surface area contributed by atoms with Crippen molar-refractivity contribution in [2.45, 2.75) is 49.4 Å². The van der Waals surface area contributed by atoms with Gasteiger partial charge in [-0.25, -0.2) is 10.3 Å². The van der Waals surface area contributed by atoms with E-state index in [1.54, 1.807) is 0 Å². The van der Waals surface area contributed by atoms with Gasteiger partial charge >= 0.3 is 16.4 Å². The van der Waals surface area contributed by atoms with Crippen molar-refractivity contribution in [2.24, 2.45) is 11.7 Å². The first-order valence-electron chi connectivity index (χ1n) is 7.72. The van der Waals surface area contributed by atoms with E-state index in [-0.39, 0.29) is 24.6 Å². The summed E-state index contributed by atoms with van der Waals surface area (Å²) in [4.78, 5) is 31.3. The van der Waals surface area contributed by atoms with E-state index >= 15 is 0 Å². The smallest absolute Gasteiger partial charge is 0.325 e. The molecule has 12 heteroatoms. The molecule has 2 saturated carbocycles. The standard InChI is InChI=1S/C12H18N4O7S/c13-7-1-2-8(7)22-14-10(17)9-6-3-4-12(6)5-15(9)11(18)16(12)23-24(19,20)21/h6-9H,1-5,13H2,(H,14,17)(H,19,20,21). The quantitative estimate of drug-likeness (QED) is 0.396. The van der Waals surface area contributed by atoms with Gasteiger partial charge in [-0.1, -0.05) is 0 Å². The van der Waals surface area contributed by atoms with Crippen LogP contribution in [0.25, 0.3) is 0 Å². The van der Waals surface area contributed by atoms with Gasteiger partial charge in [-0.3, -0.25) is 14.2 Å².